The molecule has 0 spiro atoms. The van der Waals surface area contributed by atoms with Crippen LogP contribution in [0.5, 0.6) is 0 Å². The topological polar surface area (TPSA) is 101 Å². The molecular weight excluding hydrogens is 459 g/mol. The molecule has 0 unspecified atom stereocenters. The molecule has 0 bridgehead atoms. The summed E-state index contributed by atoms with van der Waals surface area (Å²) in [5, 5.41) is 0.480. The Balaban J connectivity index is 1.97. The summed E-state index contributed by atoms with van der Waals surface area (Å²) >= 11 is 11.8. The Morgan fingerprint density at radius 1 is 1.07 bits per heavy atom. The van der Waals surface area contributed by atoms with Gasteiger partial charge in [-0.2, -0.15) is 0 Å². The second kappa shape index (κ2) is 7.16. The summed E-state index contributed by atoms with van der Waals surface area (Å²) in [6, 6.07) is 8.23. The second-order valence-corrected chi connectivity index (χ2v) is 11.7. The van der Waals surface area contributed by atoms with Gasteiger partial charge < -0.3 is 0 Å². The minimum Gasteiger partial charge on any atom is -0.280 e. The molecule has 2 aromatic carbocycles. The zero-order chi connectivity index (χ0) is 21.8. The number of halogens is 2. The van der Waals surface area contributed by atoms with Gasteiger partial charge >= 0.3 is 0 Å². The van der Waals surface area contributed by atoms with E-state index in [-0.39, 0.29) is 37.6 Å². The van der Waals surface area contributed by atoms with Gasteiger partial charge in [0.1, 0.15) is 0 Å². The summed E-state index contributed by atoms with van der Waals surface area (Å²) in [5.41, 5.74) is -0.441. The van der Waals surface area contributed by atoms with Gasteiger partial charge in [-0.3, -0.25) is 9.52 Å². The summed E-state index contributed by atoms with van der Waals surface area (Å²) in [5.74, 6) is -0.863. The van der Waals surface area contributed by atoms with Gasteiger partial charge in [0, 0.05) is 0 Å². The molecule has 1 fully saturated rings. The van der Waals surface area contributed by atoms with Crippen LogP contribution < -0.4 is 9.03 Å². The predicted molar refractivity (Wildman–Crippen MR) is 114 cm³/mol. The van der Waals surface area contributed by atoms with Crippen molar-refractivity contribution in [1.29, 1.82) is 0 Å². The number of benzene rings is 2. The van der Waals surface area contributed by atoms with Crippen LogP contribution in [0.25, 0.3) is 0 Å². The van der Waals surface area contributed by atoms with E-state index in [1.54, 1.807) is 13.8 Å². The number of rotatable bonds is 4. The van der Waals surface area contributed by atoms with Crippen molar-refractivity contribution in [3.8, 4) is 0 Å². The maximum absolute atomic E-state index is 12.8. The lowest BCUT2D eigenvalue weighted by atomic mass is 9.95. The molecule has 11 heteroatoms. The fourth-order valence-electron chi connectivity index (χ4n) is 3.09. The van der Waals surface area contributed by atoms with Crippen molar-refractivity contribution in [2.45, 2.75) is 25.7 Å². The molecule has 0 atom stereocenters. The van der Waals surface area contributed by atoms with Gasteiger partial charge in [0.05, 0.1) is 37.5 Å². The first-order valence-electron chi connectivity index (χ1n) is 8.41. The molecular formula is C18H18Cl2N2O5S2. The SMILES string of the molecule is Cc1cc(N2C(=O)C(C)(C)CS2(=O)=O)ccc1S(=O)(=O)Nc1ccc(Cl)c(Cl)c1. The highest BCUT2D eigenvalue weighted by Gasteiger charge is 2.50. The fourth-order valence-corrected chi connectivity index (χ4v) is 6.77. The number of anilines is 2. The molecule has 7 nitrogen and oxygen atoms in total. The highest BCUT2D eigenvalue weighted by Crippen LogP contribution is 2.37. The van der Waals surface area contributed by atoms with Crippen LogP contribution in [0.15, 0.2) is 41.3 Å². The van der Waals surface area contributed by atoms with E-state index in [9.17, 15) is 21.6 Å². The average molecular weight is 477 g/mol. The van der Waals surface area contributed by atoms with E-state index in [1.807, 2.05) is 0 Å². The molecule has 0 radical (unpaired) electrons. The smallest absolute Gasteiger partial charge is 0.262 e. The number of aryl methyl sites for hydroxylation is 1. The zero-order valence-corrected chi connectivity index (χ0v) is 18.9. The molecule has 0 aromatic heterocycles. The summed E-state index contributed by atoms with van der Waals surface area (Å²) in [6.45, 7) is 4.63. The van der Waals surface area contributed by atoms with Crippen molar-refractivity contribution in [1.82, 2.24) is 0 Å². The number of hydrogen-bond acceptors (Lipinski definition) is 5. The van der Waals surface area contributed by atoms with Crippen LogP contribution in [-0.2, 0) is 24.8 Å². The number of nitrogens with one attached hydrogen (secondary N) is 1. The maximum atomic E-state index is 12.8. The first-order chi connectivity index (χ1) is 13.2. The Kier molecular flexibility index (Phi) is 5.40. The molecule has 0 aliphatic carbocycles. The number of carbonyl (C=O) groups is 1. The lowest BCUT2D eigenvalue weighted by Gasteiger charge is -2.19. The Labute approximate surface area is 179 Å². The highest BCUT2D eigenvalue weighted by atomic mass is 35.5. The van der Waals surface area contributed by atoms with Crippen molar-refractivity contribution in [2.24, 2.45) is 5.41 Å². The van der Waals surface area contributed by atoms with Crippen LogP contribution >= 0.6 is 23.2 Å². The summed E-state index contributed by atoms with van der Waals surface area (Å²) in [4.78, 5) is 12.5. The third kappa shape index (κ3) is 4.09. The predicted octanol–water partition coefficient (Wildman–Crippen LogP) is 3.81. The van der Waals surface area contributed by atoms with E-state index in [4.69, 9.17) is 23.2 Å². The number of nitrogens with zero attached hydrogens (tertiary/aromatic N) is 1. The minimum absolute atomic E-state index is 0.0596. The van der Waals surface area contributed by atoms with Crippen LogP contribution in [0.2, 0.25) is 10.0 Å². The van der Waals surface area contributed by atoms with Crippen molar-refractivity contribution < 1.29 is 21.6 Å². The molecule has 1 aliphatic rings. The molecule has 156 valence electrons. The molecule has 3 rings (SSSR count). The monoisotopic (exact) mass is 476 g/mol. The Morgan fingerprint density at radius 3 is 2.24 bits per heavy atom. The molecule has 29 heavy (non-hydrogen) atoms. The average Bonchev–Trinajstić information content (AvgIpc) is 2.73. The van der Waals surface area contributed by atoms with Gasteiger partial charge in [0.25, 0.3) is 10.0 Å². The largest absolute Gasteiger partial charge is 0.280 e. The molecule has 1 N–H and O–H groups in total. The lowest BCUT2D eigenvalue weighted by molar-refractivity contribution is -0.123. The van der Waals surface area contributed by atoms with Gasteiger partial charge in [-0.15, -0.1) is 0 Å². The van der Waals surface area contributed by atoms with E-state index < -0.39 is 31.4 Å². The van der Waals surface area contributed by atoms with Gasteiger partial charge in [-0.05, 0) is 62.7 Å². The highest BCUT2D eigenvalue weighted by molar-refractivity contribution is 7.94. The second-order valence-electron chi connectivity index (χ2n) is 7.39. The van der Waals surface area contributed by atoms with Crippen LogP contribution in [0, 0.1) is 12.3 Å². The quantitative estimate of drug-likeness (QED) is 0.722. The maximum Gasteiger partial charge on any atom is 0.262 e. The van der Waals surface area contributed by atoms with Gasteiger partial charge in [0.2, 0.25) is 15.9 Å². The molecule has 1 heterocycles. The first kappa shape index (κ1) is 21.9. The molecule has 1 saturated heterocycles. The Morgan fingerprint density at radius 2 is 1.72 bits per heavy atom. The van der Waals surface area contributed by atoms with E-state index in [1.165, 1.54) is 43.3 Å². The summed E-state index contributed by atoms with van der Waals surface area (Å²) in [7, 11) is -7.81. The number of hydrogen-bond donors (Lipinski definition) is 1. The summed E-state index contributed by atoms with van der Waals surface area (Å²) in [6.07, 6.45) is 0. The number of sulfonamides is 2. The third-order valence-electron chi connectivity index (χ3n) is 4.44. The summed E-state index contributed by atoms with van der Waals surface area (Å²) < 4.78 is 53.5. The zero-order valence-electron chi connectivity index (χ0n) is 15.7. The van der Waals surface area contributed by atoms with Crippen molar-refractivity contribution in [2.75, 3.05) is 14.8 Å². The molecule has 1 amide bonds. The Bertz CT molecular complexity index is 1220. The first-order valence-corrected chi connectivity index (χ1v) is 12.3. The van der Waals surface area contributed by atoms with Crippen LogP contribution in [0.3, 0.4) is 0 Å². The number of carbonyl (C=O) groups excluding carboxylic acids is 1. The van der Waals surface area contributed by atoms with Gasteiger partial charge in [0.15, 0.2) is 0 Å². The van der Waals surface area contributed by atoms with E-state index >= 15 is 0 Å². The normalized spacial score (nSPS) is 18.1. The van der Waals surface area contributed by atoms with E-state index in [0.29, 0.717) is 0 Å². The molecule has 1 aliphatic heterocycles. The fraction of sp³-hybridized carbons (Fsp3) is 0.278. The van der Waals surface area contributed by atoms with Crippen molar-refractivity contribution in [3.63, 3.8) is 0 Å². The van der Waals surface area contributed by atoms with Crippen LogP contribution in [0.4, 0.5) is 11.4 Å². The van der Waals surface area contributed by atoms with Crippen LogP contribution in [0.1, 0.15) is 19.4 Å². The molecule has 0 saturated carbocycles. The lowest BCUT2D eigenvalue weighted by Crippen LogP contribution is -2.33. The number of amides is 1. The minimum atomic E-state index is -3.98. The van der Waals surface area contributed by atoms with Gasteiger partial charge in [-0.1, -0.05) is 23.2 Å². The molecule has 2 aromatic rings. The van der Waals surface area contributed by atoms with Gasteiger partial charge in [-0.25, -0.2) is 21.1 Å². The van der Waals surface area contributed by atoms with E-state index in [2.05, 4.69) is 4.72 Å². The van der Waals surface area contributed by atoms with Crippen LogP contribution in [-0.4, -0.2) is 28.5 Å². The standard InChI is InChI=1S/C18H18Cl2N2O5S2/c1-11-8-13(22-17(23)18(2,3)10-28(22,24)25)5-7-16(11)29(26,27)21-12-4-6-14(19)15(20)9-12/h4-9,21H,10H2,1-3H3. The Hall–Kier alpha value is -1.81. The van der Waals surface area contributed by atoms with E-state index in [0.717, 1.165) is 4.31 Å². The van der Waals surface area contributed by atoms with Crippen molar-refractivity contribution >= 4 is 60.5 Å². The van der Waals surface area contributed by atoms with Crippen molar-refractivity contribution in [3.05, 3.63) is 52.0 Å². The third-order valence-corrected chi connectivity index (χ3v) is 8.74.